The van der Waals surface area contributed by atoms with Crippen LogP contribution in [0.5, 0.6) is 0 Å². The minimum Gasteiger partial charge on any atom is -0.378 e. The second kappa shape index (κ2) is 8.87. The Bertz CT molecular complexity index is 1250. The summed E-state index contributed by atoms with van der Waals surface area (Å²) < 4.78 is 2.10. The fourth-order valence-corrected chi connectivity index (χ4v) is 4.04. The van der Waals surface area contributed by atoms with Crippen molar-refractivity contribution in [1.82, 2.24) is 9.38 Å². The van der Waals surface area contributed by atoms with Crippen LogP contribution >= 0.6 is 0 Å². The molecule has 1 amide bonds. The molecule has 0 aliphatic carbocycles. The number of imidazole rings is 1. The molecule has 0 spiro atoms. The highest BCUT2D eigenvalue weighted by Crippen LogP contribution is 2.31. The topological polar surface area (TPSA) is 49.6 Å². The summed E-state index contributed by atoms with van der Waals surface area (Å²) in [4.78, 5) is 19.8. The van der Waals surface area contributed by atoms with E-state index >= 15 is 0 Å². The average Bonchev–Trinajstić information content (AvgIpc) is 3.20. The van der Waals surface area contributed by atoms with E-state index in [1.807, 2.05) is 50.8 Å². The highest BCUT2D eigenvalue weighted by molar-refractivity contribution is 5.91. The molecule has 0 saturated heterocycles. The molecule has 0 bridgehead atoms. The standard InChI is InChI=1S/C27H30N4O/c1-18-8-11-22(15-20(18)3)29-26(32)16-24(21-9-12-23(13-10-21)30(4)5)25-17-28-27-19(2)7-6-14-31(25)27/h6-15,17,24H,16H2,1-5H3,(H,29,32). The van der Waals surface area contributed by atoms with E-state index in [9.17, 15) is 4.79 Å². The van der Waals surface area contributed by atoms with Crippen LogP contribution in [0.1, 0.15) is 40.3 Å². The zero-order valence-electron chi connectivity index (χ0n) is 19.4. The number of carbonyl (C=O) groups excluding carboxylic acids is 1. The summed E-state index contributed by atoms with van der Waals surface area (Å²) in [7, 11) is 4.05. The minimum atomic E-state index is -0.116. The van der Waals surface area contributed by atoms with Crippen LogP contribution in [-0.4, -0.2) is 29.4 Å². The average molecular weight is 427 g/mol. The molecule has 1 atom stereocenters. The molecule has 32 heavy (non-hydrogen) atoms. The summed E-state index contributed by atoms with van der Waals surface area (Å²) in [6.07, 6.45) is 4.25. The number of pyridine rings is 1. The number of hydrogen-bond donors (Lipinski definition) is 1. The molecule has 0 fully saturated rings. The zero-order valence-corrected chi connectivity index (χ0v) is 19.4. The quantitative estimate of drug-likeness (QED) is 0.444. The molecule has 4 rings (SSSR count). The van der Waals surface area contributed by atoms with Crippen LogP contribution < -0.4 is 10.2 Å². The molecule has 2 aromatic heterocycles. The van der Waals surface area contributed by atoms with Crippen LogP contribution in [0.2, 0.25) is 0 Å². The number of hydrogen-bond acceptors (Lipinski definition) is 3. The van der Waals surface area contributed by atoms with Gasteiger partial charge in [0.05, 0.1) is 5.69 Å². The summed E-state index contributed by atoms with van der Waals surface area (Å²) in [5.41, 5.74) is 8.46. The van der Waals surface area contributed by atoms with E-state index in [4.69, 9.17) is 0 Å². The van der Waals surface area contributed by atoms with Gasteiger partial charge in [0.25, 0.3) is 0 Å². The molecule has 164 valence electrons. The van der Waals surface area contributed by atoms with Crippen LogP contribution in [0, 0.1) is 20.8 Å². The zero-order chi connectivity index (χ0) is 22.8. The molecule has 0 saturated carbocycles. The number of fused-ring (bicyclic) bond motifs is 1. The number of aryl methyl sites for hydroxylation is 3. The molecule has 1 N–H and O–H groups in total. The second-order valence-corrected chi connectivity index (χ2v) is 8.66. The van der Waals surface area contributed by atoms with Crippen molar-refractivity contribution >= 4 is 22.9 Å². The van der Waals surface area contributed by atoms with Gasteiger partial charge in [-0.25, -0.2) is 4.98 Å². The lowest BCUT2D eigenvalue weighted by atomic mass is 9.92. The summed E-state index contributed by atoms with van der Waals surface area (Å²) in [5.74, 6) is -0.132. The Balaban J connectivity index is 1.69. The van der Waals surface area contributed by atoms with E-state index in [1.165, 1.54) is 5.56 Å². The van der Waals surface area contributed by atoms with Gasteiger partial charge in [-0.1, -0.05) is 24.3 Å². The van der Waals surface area contributed by atoms with Gasteiger partial charge < -0.3 is 14.6 Å². The molecule has 0 radical (unpaired) electrons. The first kappa shape index (κ1) is 21.6. The van der Waals surface area contributed by atoms with Crippen molar-refractivity contribution in [2.45, 2.75) is 33.1 Å². The Hall–Kier alpha value is -3.60. The predicted octanol–water partition coefficient (Wildman–Crippen LogP) is 5.49. The van der Waals surface area contributed by atoms with Crippen molar-refractivity contribution in [3.8, 4) is 0 Å². The van der Waals surface area contributed by atoms with Crippen LogP contribution in [0.3, 0.4) is 0 Å². The number of amides is 1. The third kappa shape index (κ3) is 4.37. The number of anilines is 2. The molecule has 4 aromatic rings. The summed E-state index contributed by atoms with van der Waals surface area (Å²) in [5, 5.41) is 3.08. The molecule has 2 aromatic carbocycles. The van der Waals surface area contributed by atoms with Gasteiger partial charge >= 0.3 is 0 Å². The molecule has 0 aliphatic heterocycles. The Morgan fingerprint density at radius 3 is 2.44 bits per heavy atom. The summed E-state index contributed by atoms with van der Waals surface area (Å²) in [6.45, 7) is 6.18. The molecule has 5 nitrogen and oxygen atoms in total. The molecule has 1 unspecified atom stereocenters. The molecular weight excluding hydrogens is 396 g/mol. The van der Waals surface area contributed by atoms with Gasteiger partial charge in [0.2, 0.25) is 5.91 Å². The lowest BCUT2D eigenvalue weighted by molar-refractivity contribution is -0.116. The lowest BCUT2D eigenvalue weighted by Gasteiger charge is -2.19. The van der Waals surface area contributed by atoms with Crippen molar-refractivity contribution in [3.05, 3.63) is 94.9 Å². The van der Waals surface area contributed by atoms with E-state index in [2.05, 4.69) is 70.7 Å². The van der Waals surface area contributed by atoms with Gasteiger partial charge in [-0.3, -0.25) is 4.79 Å². The predicted molar refractivity (Wildman–Crippen MR) is 132 cm³/mol. The maximum Gasteiger partial charge on any atom is 0.225 e. The molecule has 0 aliphatic rings. The van der Waals surface area contributed by atoms with E-state index < -0.39 is 0 Å². The van der Waals surface area contributed by atoms with Crippen LogP contribution in [0.25, 0.3) is 5.65 Å². The Morgan fingerprint density at radius 2 is 1.75 bits per heavy atom. The first-order valence-electron chi connectivity index (χ1n) is 10.9. The summed E-state index contributed by atoms with van der Waals surface area (Å²) >= 11 is 0. The smallest absolute Gasteiger partial charge is 0.225 e. The van der Waals surface area contributed by atoms with Gasteiger partial charge in [0, 0.05) is 50.2 Å². The SMILES string of the molecule is Cc1ccc(NC(=O)CC(c2ccc(N(C)C)cc2)c2cnc3c(C)cccn23)cc1C. The van der Waals surface area contributed by atoms with Crippen LogP contribution in [-0.2, 0) is 4.79 Å². The van der Waals surface area contributed by atoms with Gasteiger partial charge in [-0.2, -0.15) is 0 Å². The summed E-state index contributed by atoms with van der Waals surface area (Å²) in [6, 6.07) is 18.5. The van der Waals surface area contributed by atoms with E-state index in [0.29, 0.717) is 6.42 Å². The van der Waals surface area contributed by atoms with Gasteiger partial charge in [0.15, 0.2) is 0 Å². The van der Waals surface area contributed by atoms with Gasteiger partial charge in [-0.15, -0.1) is 0 Å². The number of carbonyl (C=O) groups is 1. The third-order valence-corrected chi connectivity index (χ3v) is 6.11. The van der Waals surface area contributed by atoms with E-state index in [-0.39, 0.29) is 11.8 Å². The van der Waals surface area contributed by atoms with Gasteiger partial charge in [-0.05, 0) is 73.4 Å². The van der Waals surface area contributed by atoms with Crippen molar-refractivity contribution in [2.24, 2.45) is 0 Å². The molecule has 5 heteroatoms. The highest BCUT2D eigenvalue weighted by Gasteiger charge is 2.22. The number of rotatable bonds is 6. The maximum atomic E-state index is 13.1. The van der Waals surface area contributed by atoms with Crippen molar-refractivity contribution < 1.29 is 4.79 Å². The van der Waals surface area contributed by atoms with Crippen molar-refractivity contribution in [3.63, 3.8) is 0 Å². The van der Waals surface area contributed by atoms with E-state index in [1.54, 1.807) is 0 Å². The van der Waals surface area contributed by atoms with E-state index in [0.717, 1.165) is 39.4 Å². The first-order valence-corrected chi connectivity index (χ1v) is 10.9. The number of aromatic nitrogens is 2. The molecule has 2 heterocycles. The van der Waals surface area contributed by atoms with Crippen molar-refractivity contribution in [1.29, 1.82) is 0 Å². The molecular formula is C27H30N4O. The Kier molecular flexibility index (Phi) is 5.99. The minimum absolute atomic E-state index is 0.0162. The lowest BCUT2D eigenvalue weighted by Crippen LogP contribution is -2.18. The van der Waals surface area contributed by atoms with Crippen molar-refractivity contribution in [2.75, 3.05) is 24.3 Å². The number of nitrogens with zero attached hydrogens (tertiary/aromatic N) is 3. The maximum absolute atomic E-state index is 13.1. The first-order chi connectivity index (χ1) is 15.3. The monoisotopic (exact) mass is 426 g/mol. The Labute approximate surface area is 189 Å². The normalized spacial score (nSPS) is 12.0. The Morgan fingerprint density at radius 1 is 1.00 bits per heavy atom. The third-order valence-electron chi connectivity index (χ3n) is 6.11. The number of benzene rings is 2. The largest absolute Gasteiger partial charge is 0.378 e. The fourth-order valence-electron chi connectivity index (χ4n) is 4.04. The van der Waals surface area contributed by atoms with Crippen LogP contribution in [0.4, 0.5) is 11.4 Å². The van der Waals surface area contributed by atoms with Crippen LogP contribution in [0.15, 0.2) is 67.0 Å². The highest BCUT2D eigenvalue weighted by atomic mass is 16.1. The van der Waals surface area contributed by atoms with Gasteiger partial charge in [0.1, 0.15) is 5.65 Å². The second-order valence-electron chi connectivity index (χ2n) is 8.66. The number of nitrogens with one attached hydrogen (secondary N) is 1. The fraction of sp³-hybridized carbons (Fsp3) is 0.259.